The summed E-state index contributed by atoms with van der Waals surface area (Å²) < 4.78 is 4.49. The second-order valence-electron chi connectivity index (χ2n) is 18.4. The fourth-order valence-electron chi connectivity index (χ4n) is 11.4. The van der Waals surface area contributed by atoms with Crippen molar-refractivity contribution in [2.45, 2.75) is 0 Å². The Morgan fingerprint density at radius 3 is 1.50 bits per heavy atom. The van der Waals surface area contributed by atoms with Gasteiger partial charge in [0, 0.05) is 34.1 Å². The van der Waals surface area contributed by atoms with Crippen molar-refractivity contribution in [3.8, 4) is 33.4 Å². The third-order valence-electron chi connectivity index (χ3n) is 14.5. The summed E-state index contributed by atoms with van der Waals surface area (Å²) in [5, 5.41) is 13.4. The van der Waals surface area contributed by atoms with E-state index in [9.17, 15) is 0 Å². The molecule has 336 valence electrons. The fraction of sp³-hybridized carbons (Fsp3) is 0. The maximum absolute atomic E-state index is 5.14. The molecule has 0 fully saturated rings. The molecule has 0 atom stereocenters. The van der Waals surface area contributed by atoms with E-state index >= 15 is 0 Å². The monoisotopic (exact) mass is 917 g/mol. The first kappa shape index (κ1) is 41.3. The van der Waals surface area contributed by atoms with Crippen LogP contribution in [0.25, 0.3) is 144 Å². The molecular weight excluding hydrogens is 875 g/mol. The highest BCUT2D eigenvalue weighted by Gasteiger charge is 2.20. The molecule has 15 rings (SSSR count). The average molecular weight is 918 g/mol. The summed E-state index contributed by atoms with van der Waals surface area (Å²) in [5.74, 6) is 0. The smallest absolute Gasteiger partial charge is 0.146 e. The summed E-state index contributed by atoms with van der Waals surface area (Å²) in [6.45, 7) is 8.13. The van der Waals surface area contributed by atoms with Crippen LogP contribution < -0.4 is 0 Å². The summed E-state index contributed by atoms with van der Waals surface area (Å²) in [6.07, 6.45) is 7.42. The molecule has 5 aromatic heterocycles. The Labute approximate surface area is 414 Å². The third kappa shape index (κ3) is 6.31. The fourth-order valence-corrected chi connectivity index (χ4v) is 11.4. The van der Waals surface area contributed by atoms with Crippen LogP contribution in [0.4, 0.5) is 0 Å². The number of hydrogen-bond acceptors (Lipinski definition) is 3. The van der Waals surface area contributed by atoms with Crippen molar-refractivity contribution in [1.82, 2.24) is 23.8 Å². The molecule has 0 amide bonds. The Balaban J connectivity index is 0.000000152. The Hall–Kier alpha value is -9.71. The average Bonchev–Trinajstić information content (AvgIpc) is 4.04. The molecule has 0 spiro atoms. The largest absolute Gasteiger partial charge is 0.292 e. The maximum atomic E-state index is 5.14. The molecule has 15 aromatic rings. The minimum absolute atomic E-state index is 0.938. The maximum Gasteiger partial charge on any atom is 0.146 e. The van der Waals surface area contributed by atoms with Gasteiger partial charge >= 0.3 is 0 Å². The number of imidazole rings is 2. The Morgan fingerprint density at radius 1 is 0.333 bits per heavy atom. The lowest BCUT2D eigenvalue weighted by Crippen LogP contribution is -1.97. The highest BCUT2D eigenvalue weighted by molar-refractivity contribution is 6.23. The minimum Gasteiger partial charge on any atom is -0.292 e. The lowest BCUT2D eigenvalue weighted by Gasteiger charge is -2.18. The molecule has 72 heavy (non-hydrogen) atoms. The van der Waals surface area contributed by atoms with Gasteiger partial charge in [0.2, 0.25) is 0 Å². The van der Waals surface area contributed by atoms with E-state index in [1.54, 1.807) is 0 Å². The van der Waals surface area contributed by atoms with E-state index in [1.807, 2.05) is 54.9 Å². The molecule has 5 heteroatoms. The van der Waals surface area contributed by atoms with Crippen LogP contribution in [-0.2, 0) is 0 Å². The Kier molecular flexibility index (Phi) is 9.44. The van der Waals surface area contributed by atoms with Crippen LogP contribution in [0.15, 0.2) is 238 Å². The van der Waals surface area contributed by atoms with Crippen LogP contribution in [0.2, 0.25) is 0 Å². The molecule has 0 saturated heterocycles. The first-order valence-electron chi connectivity index (χ1n) is 24.3. The lowest BCUT2D eigenvalue weighted by molar-refractivity contribution is 1.21. The molecule has 5 heterocycles. The van der Waals surface area contributed by atoms with Gasteiger partial charge in [-0.3, -0.25) is 13.8 Å². The summed E-state index contributed by atoms with van der Waals surface area (Å²) in [5.41, 5.74) is 16.6. The van der Waals surface area contributed by atoms with Gasteiger partial charge in [0.15, 0.2) is 0 Å². The van der Waals surface area contributed by atoms with Crippen molar-refractivity contribution in [2.24, 2.45) is 0 Å². The second-order valence-corrected chi connectivity index (χ2v) is 18.4. The van der Waals surface area contributed by atoms with Crippen LogP contribution in [-0.4, -0.2) is 23.8 Å². The standard InChI is InChI=1S/C43H26N2.C24H17N3/c1-2-12-27(13-3-1)41-31-16-6-4-14-28(31)25-37-36(41)24-29-15-5-7-17-32(29)42(37)30-22-23-34-35(26-30)33-18-8-10-20-39(33)45-40-21-11-9-19-38(40)44-43(34)45;1-3-18-20-15-17(16-11-13-25-14-12-16)9-10-19(20)24-26-21-7-5-6-8-23(21)27(24)22(18)4-2/h1-26H;3-15H,1-2H2. The van der Waals surface area contributed by atoms with E-state index < -0.39 is 0 Å². The number of aromatic nitrogens is 5. The predicted molar refractivity (Wildman–Crippen MR) is 305 cm³/mol. The summed E-state index contributed by atoms with van der Waals surface area (Å²) >= 11 is 0. The molecular formula is C67H43N5. The van der Waals surface area contributed by atoms with Crippen molar-refractivity contribution < 1.29 is 0 Å². The van der Waals surface area contributed by atoms with Crippen LogP contribution in [0.3, 0.4) is 0 Å². The number of para-hydroxylation sites is 5. The van der Waals surface area contributed by atoms with Crippen LogP contribution in [0.1, 0.15) is 11.3 Å². The highest BCUT2D eigenvalue weighted by atomic mass is 15.0. The molecule has 0 aliphatic carbocycles. The first-order chi connectivity index (χ1) is 35.6. The molecule has 0 aliphatic rings. The number of fused-ring (bicyclic) bond motifs is 16. The van der Waals surface area contributed by atoms with E-state index in [0.717, 1.165) is 71.9 Å². The number of pyridine rings is 3. The predicted octanol–water partition coefficient (Wildman–Crippen LogP) is 17.6. The third-order valence-corrected chi connectivity index (χ3v) is 14.5. The highest BCUT2D eigenvalue weighted by Crippen LogP contribution is 2.45. The zero-order chi connectivity index (χ0) is 47.9. The quantitative estimate of drug-likeness (QED) is 0.128. The van der Waals surface area contributed by atoms with Crippen molar-refractivity contribution in [3.63, 3.8) is 0 Å². The van der Waals surface area contributed by atoms with Crippen LogP contribution in [0.5, 0.6) is 0 Å². The van der Waals surface area contributed by atoms with Gasteiger partial charge in [0.05, 0.1) is 33.3 Å². The molecule has 10 aromatic carbocycles. The number of rotatable bonds is 5. The number of hydrogen-bond donors (Lipinski definition) is 0. The van der Waals surface area contributed by atoms with Gasteiger partial charge in [0.1, 0.15) is 11.3 Å². The van der Waals surface area contributed by atoms with E-state index in [4.69, 9.17) is 9.97 Å². The van der Waals surface area contributed by atoms with E-state index in [-0.39, 0.29) is 0 Å². The molecule has 0 saturated carbocycles. The summed E-state index contributed by atoms with van der Waals surface area (Å²) in [6, 6.07) is 76.1. The van der Waals surface area contributed by atoms with Gasteiger partial charge in [-0.1, -0.05) is 153 Å². The van der Waals surface area contributed by atoms with Crippen molar-refractivity contribution in [3.05, 3.63) is 249 Å². The van der Waals surface area contributed by atoms with Gasteiger partial charge < -0.3 is 0 Å². The van der Waals surface area contributed by atoms with Gasteiger partial charge in [-0.2, -0.15) is 0 Å². The number of benzene rings is 10. The summed E-state index contributed by atoms with van der Waals surface area (Å²) in [7, 11) is 0. The number of nitrogens with zero attached hydrogens (tertiary/aromatic N) is 5. The Bertz CT molecular complexity index is 4720. The minimum atomic E-state index is 0.938. The van der Waals surface area contributed by atoms with Gasteiger partial charge in [0.25, 0.3) is 0 Å². The molecule has 0 radical (unpaired) electrons. The van der Waals surface area contributed by atoms with Gasteiger partial charge in [-0.15, -0.1) is 0 Å². The van der Waals surface area contributed by atoms with Crippen molar-refractivity contribution in [1.29, 1.82) is 0 Å². The first-order valence-corrected chi connectivity index (χ1v) is 24.3. The zero-order valence-corrected chi connectivity index (χ0v) is 39.2. The van der Waals surface area contributed by atoms with Crippen molar-refractivity contribution in [2.75, 3.05) is 0 Å². The van der Waals surface area contributed by atoms with Crippen molar-refractivity contribution >= 4 is 110 Å². The summed E-state index contributed by atoms with van der Waals surface area (Å²) in [4.78, 5) is 14.2. The topological polar surface area (TPSA) is 47.5 Å². The van der Waals surface area contributed by atoms with Crippen LogP contribution in [0, 0.1) is 0 Å². The SMILES string of the molecule is C=Cc1c(C=C)n2c3ccccc3nc2c2ccc(-c3ccncc3)cc12.c1ccc(-c2c3ccccc3cc3c(-c4ccc5c(c4)c4ccccc4n4c6ccccc6nc54)c4ccccc4cc23)cc1. The van der Waals surface area contributed by atoms with Gasteiger partial charge in [-0.25, -0.2) is 9.97 Å². The molecule has 5 nitrogen and oxygen atoms in total. The Morgan fingerprint density at radius 2 is 0.847 bits per heavy atom. The molecule has 0 aliphatic heterocycles. The zero-order valence-electron chi connectivity index (χ0n) is 39.2. The van der Waals surface area contributed by atoms with Gasteiger partial charge in [-0.05, 0) is 161 Å². The van der Waals surface area contributed by atoms with E-state index in [1.165, 1.54) is 70.9 Å². The van der Waals surface area contributed by atoms with E-state index in [0.29, 0.717) is 0 Å². The molecule has 0 unspecified atom stereocenters. The molecule has 0 N–H and O–H groups in total. The molecule has 0 bridgehead atoms. The second kappa shape index (κ2) is 16.5. The lowest BCUT2D eigenvalue weighted by atomic mass is 9.85. The van der Waals surface area contributed by atoms with E-state index in [2.05, 4.69) is 209 Å². The normalized spacial score (nSPS) is 11.7. The van der Waals surface area contributed by atoms with Crippen LogP contribution >= 0.6 is 0 Å².